The number of phenols is 1. The average molecular weight is 366 g/mol. The molecule has 2 atom stereocenters. The molecule has 0 amide bonds. The molecule has 1 saturated heterocycles. The Bertz CT molecular complexity index is 991. The number of benzene rings is 2. The van der Waals surface area contributed by atoms with Crippen LogP contribution < -0.4 is 20.8 Å². The van der Waals surface area contributed by atoms with E-state index in [1.165, 1.54) is 6.26 Å². The highest BCUT2D eigenvalue weighted by atomic mass is 16.5. The minimum absolute atomic E-state index is 0.0155. The molecule has 3 N–H and O–H groups in total. The predicted molar refractivity (Wildman–Crippen MR) is 104 cm³/mol. The summed E-state index contributed by atoms with van der Waals surface area (Å²) in [5.41, 5.74) is 1.54. The van der Waals surface area contributed by atoms with Crippen LogP contribution in [-0.4, -0.2) is 36.9 Å². The number of aromatic hydroxyl groups is 1. The Balaban J connectivity index is 1.61. The smallest absolute Gasteiger partial charge is 0.200 e. The molecule has 0 saturated carbocycles. The van der Waals surface area contributed by atoms with Crippen molar-refractivity contribution in [2.45, 2.75) is 19.1 Å². The summed E-state index contributed by atoms with van der Waals surface area (Å²) < 4.78 is 11.7. The fourth-order valence-corrected chi connectivity index (χ4v) is 3.33. The summed E-state index contributed by atoms with van der Waals surface area (Å²) in [7, 11) is 0. The van der Waals surface area contributed by atoms with E-state index in [9.17, 15) is 9.90 Å². The van der Waals surface area contributed by atoms with E-state index in [0.29, 0.717) is 27.8 Å². The van der Waals surface area contributed by atoms with Gasteiger partial charge in [0, 0.05) is 25.7 Å². The largest absolute Gasteiger partial charge is 0.508 e. The van der Waals surface area contributed by atoms with Crippen LogP contribution in [0.15, 0.2) is 57.9 Å². The Labute approximate surface area is 156 Å². The van der Waals surface area contributed by atoms with Gasteiger partial charge in [-0.15, -0.1) is 0 Å². The van der Waals surface area contributed by atoms with Crippen molar-refractivity contribution in [1.82, 2.24) is 10.6 Å². The maximum atomic E-state index is 12.8. The minimum atomic E-state index is -0.111. The van der Waals surface area contributed by atoms with E-state index in [2.05, 4.69) is 10.6 Å². The Hall–Kier alpha value is -2.83. The van der Waals surface area contributed by atoms with Crippen LogP contribution in [0.4, 0.5) is 0 Å². The molecular formula is C21H22N2O4. The van der Waals surface area contributed by atoms with Gasteiger partial charge in [-0.1, -0.05) is 12.1 Å². The summed E-state index contributed by atoms with van der Waals surface area (Å²) in [6.45, 7) is 4.78. The lowest BCUT2D eigenvalue weighted by atomic mass is 10.1. The van der Waals surface area contributed by atoms with Crippen LogP contribution in [0, 0.1) is 0 Å². The second-order valence-corrected chi connectivity index (χ2v) is 6.77. The third kappa shape index (κ3) is 3.67. The zero-order chi connectivity index (χ0) is 18.8. The van der Waals surface area contributed by atoms with Gasteiger partial charge in [-0.25, -0.2) is 0 Å². The van der Waals surface area contributed by atoms with Gasteiger partial charge < -0.3 is 24.9 Å². The third-order valence-corrected chi connectivity index (χ3v) is 4.89. The molecule has 0 spiro atoms. The van der Waals surface area contributed by atoms with E-state index in [4.69, 9.17) is 9.15 Å². The molecule has 3 aromatic rings. The Morgan fingerprint density at radius 1 is 1.19 bits per heavy atom. The molecule has 2 heterocycles. The van der Waals surface area contributed by atoms with Crippen molar-refractivity contribution in [1.29, 1.82) is 0 Å². The molecule has 6 heteroatoms. The van der Waals surface area contributed by atoms with Gasteiger partial charge in [0.15, 0.2) is 5.43 Å². The number of ether oxygens (including phenoxy) is 1. The van der Waals surface area contributed by atoms with Crippen LogP contribution in [-0.2, 0) is 0 Å². The number of hydrogen-bond donors (Lipinski definition) is 3. The summed E-state index contributed by atoms with van der Waals surface area (Å²) in [6.07, 6.45) is 1.44. The normalized spacial score (nSPS) is 18.3. The Morgan fingerprint density at radius 2 is 2.00 bits per heavy atom. The van der Waals surface area contributed by atoms with E-state index in [0.717, 1.165) is 19.6 Å². The molecule has 1 aliphatic rings. The van der Waals surface area contributed by atoms with E-state index < -0.39 is 0 Å². The van der Waals surface area contributed by atoms with Gasteiger partial charge in [0.2, 0.25) is 0 Å². The lowest BCUT2D eigenvalue weighted by Gasteiger charge is -2.30. The fourth-order valence-electron chi connectivity index (χ4n) is 3.33. The second-order valence-electron chi connectivity index (χ2n) is 6.77. The van der Waals surface area contributed by atoms with Gasteiger partial charge in [-0.3, -0.25) is 4.79 Å². The Morgan fingerprint density at radius 3 is 2.74 bits per heavy atom. The van der Waals surface area contributed by atoms with Crippen LogP contribution in [0.3, 0.4) is 0 Å². The number of piperazine rings is 1. The van der Waals surface area contributed by atoms with Crippen molar-refractivity contribution in [2.75, 3.05) is 19.6 Å². The van der Waals surface area contributed by atoms with Gasteiger partial charge in [-0.05, 0) is 36.8 Å². The minimum Gasteiger partial charge on any atom is -0.508 e. The van der Waals surface area contributed by atoms with Gasteiger partial charge in [-0.2, -0.15) is 0 Å². The average Bonchev–Trinajstić information content (AvgIpc) is 2.70. The number of fused-ring (bicyclic) bond motifs is 1. The van der Waals surface area contributed by atoms with Gasteiger partial charge in [0.1, 0.15) is 29.4 Å². The summed E-state index contributed by atoms with van der Waals surface area (Å²) >= 11 is 0. The molecule has 4 rings (SSSR count). The molecule has 1 fully saturated rings. The molecule has 0 bridgehead atoms. The molecule has 0 aliphatic carbocycles. The van der Waals surface area contributed by atoms with E-state index in [-0.39, 0.29) is 23.3 Å². The second kappa shape index (κ2) is 7.42. The van der Waals surface area contributed by atoms with E-state index in [1.807, 2.05) is 6.92 Å². The van der Waals surface area contributed by atoms with Crippen LogP contribution in [0.25, 0.3) is 22.1 Å². The van der Waals surface area contributed by atoms with Crippen LogP contribution in [0.5, 0.6) is 11.5 Å². The molecule has 1 aromatic heterocycles. The van der Waals surface area contributed by atoms with Crippen molar-refractivity contribution in [3.8, 4) is 22.6 Å². The molecule has 6 nitrogen and oxygen atoms in total. The highest BCUT2D eigenvalue weighted by Gasteiger charge is 2.21. The Kier molecular flexibility index (Phi) is 4.83. The number of hydrogen-bond acceptors (Lipinski definition) is 6. The SMILES string of the molecule is CC(Oc1ccc2c(=O)c(-c3ccc(O)cc3)coc2c1)C1CNCCN1. The summed E-state index contributed by atoms with van der Waals surface area (Å²) in [5.74, 6) is 0.824. The van der Waals surface area contributed by atoms with Crippen LogP contribution in [0.1, 0.15) is 6.92 Å². The van der Waals surface area contributed by atoms with E-state index in [1.54, 1.807) is 42.5 Å². The quantitative estimate of drug-likeness (QED) is 0.658. The molecule has 1 aliphatic heterocycles. The first-order chi connectivity index (χ1) is 13.1. The maximum Gasteiger partial charge on any atom is 0.200 e. The van der Waals surface area contributed by atoms with Crippen LogP contribution >= 0.6 is 0 Å². The highest BCUT2D eigenvalue weighted by Crippen LogP contribution is 2.25. The first-order valence-electron chi connectivity index (χ1n) is 9.07. The predicted octanol–water partition coefficient (Wildman–Crippen LogP) is 2.49. The molecular weight excluding hydrogens is 344 g/mol. The molecule has 2 unspecified atom stereocenters. The van der Waals surface area contributed by atoms with E-state index >= 15 is 0 Å². The molecule has 2 aromatic carbocycles. The zero-order valence-corrected chi connectivity index (χ0v) is 15.1. The van der Waals surface area contributed by atoms with Gasteiger partial charge >= 0.3 is 0 Å². The van der Waals surface area contributed by atoms with Crippen molar-refractivity contribution >= 4 is 11.0 Å². The first-order valence-corrected chi connectivity index (χ1v) is 9.07. The zero-order valence-electron chi connectivity index (χ0n) is 15.1. The standard InChI is InChI=1S/C21H22N2O4/c1-13(19-11-22-8-9-23-19)27-16-6-7-17-20(10-16)26-12-18(21(17)25)14-2-4-15(24)5-3-14/h2-7,10,12-13,19,22-24H,8-9,11H2,1H3. The number of rotatable bonds is 4. The van der Waals surface area contributed by atoms with Crippen molar-refractivity contribution < 1.29 is 14.3 Å². The lowest BCUT2D eigenvalue weighted by Crippen LogP contribution is -2.54. The summed E-state index contributed by atoms with van der Waals surface area (Å²) in [6, 6.07) is 12.0. The van der Waals surface area contributed by atoms with Gasteiger partial charge in [0.25, 0.3) is 0 Å². The van der Waals surface area contributed by atoms with Crippen molar-refractivity contribution in [3.63, 3.8) is 0 Å². The topological polar surface area (TPSA) is 83.7 Å². The first kappa shape index (κ1) is 17.6. The maximum absolute atomic E-state index is 12.8. The van der Waals surface area contributed by atoms with Crippen molar-refractivity contribution in [3.05, 3.63) is 59.0 Å². The molecule has 0 radical (unpaired) electrons. The number of nitrogens with one attached hydrogen (secondary N) is 2. The molecule has 140 valence electrons. The van der Waals surface area contributed by atoms with Crippen molar-refractivity contribution in [2.24, 2.45) is 0 Å². The van der Waals surface area contributed by atoms with Crippen LogP contribution in [0.2, 0.25) is 0 Å². The monoisotopic (exact) mass is 366 g/mol. The fraction of sp³-hybridized carbons (Fsp3) is 0.286. The summed E-state index contributed by atoms with van der Waals surface area (Å²) in [5, 5.41) is 16.7. The summed E-state index contributed by atoms with van der Waals surface area (Å²) in [4.78, 5) is 12.8. The molecule has 27 heavy (non-hydrogen) atoms. The lowest BCUT2D eigenvalue weighted by molar-refractivity contribution is 0.159. The highest BCUT2D eigenvalue weighted by molar-refractivity contribution is 5.82. The van der Waals surface area contributed by atoms with Gasteiger partial charge in [0.05, 0.1) is 17.0 Å². The number of phenolic OH excluding ortho intramolecular Hbond substituents is 1. The third-order valence-electron chi connectivity index (χ3n) is 4.89.